The van der Waals surface area contributed by atoms with Gasteiger partial charge in [0.05, 0.1) is 5.70 Å². The first-order chi connectivity index (χ1) is 4.97. The number of hydrogen-bond acceptors (Lipinski definition) is 2. The number of nitrogens with zero attached hydrogens (tertiary/aromatic N) is 2. The molecule has 0 N–H and O–H groups in total. The third-order valence-corrected chi connectivity index (χ3v) is 1.62. The molecule has 0 saturated carbocycles. The van der Waals surface area contributed by atoms with Crippen LogP contribution in [-0.2, 0) is 0 Å². The Balaban J connectivity index is 2.06. The van der Waals surface area contributed by atoms with E-state index >= 15 is 0 Å². The van der Waals surface area contributed by atoms with Crippen molar-refractivity contribution in [2.24, 2.45) is 4.99 Å². The van der Waals surface area contributed by atoms with E-state index in [4.69, 9.17) is 0 Å². The predicted octanol–water partition coefficient (Wildman–Crippen LogP) is 1.21. The monoisotopic (exact) mass is 132 g/mol. The van der Waals surface area contributed by atoms with Gasteiger partial charge in [-0.15, -0.1) is 0 Å². The van der Waals surface area contributed by atoms with Crippen molar-refractivity contribution < 1.29 is 0 Å². The van der Waals surface area contributed by atoms with Gasteiger partial charge in [0.2, 0.25) is 0 Å². The molecule has 0 aliphatic carbocycles. The van der Waals surface area contributed by atoms with Crippen molar-refractivity contribution in [2.45, 2.75) is 6.42 Å². The average Bonchev–Trinajstić information content (AvgIpc) is 2.59. The standard InChI is InChI=1S/C8H8N2/c1-2-6-10(5-1)8-3-4-9-7-8/h1,3-5H,2,6H2. The van der Waals surface area contributed by atoms with Crippen LogP contribution in [0.1, 0.15) is 6.42 Å². The second-order valence-electron chi connectivity index (χ2n) is 2.31. The Morgan fingerprint density at radius 1 is 1.60 bits per heavy atom. The van der Waals surface area contributed by atoms with Crippen molar-refractivity contribution in [3.63, 3.8) is 0 Å². The molecule has 50 valence electrons. The Bertz CT molecular complexity index is 213. The molecule has 2 heterocycles. The van der Waals surface area contributed by atoms with Crippen LogP contribution >= 0.6 is 0 Å². The van der Waals surface area contributed by atoms with Gasteiger partial charge in [-0.25, -0.2) is 0 Å². The molecule has 0 saturated heterocycles. The smallest absolute Gasteiger partial charge is 0.167 e. The van der Waals surface area contributed by atoms with Crippen molar-refractivity contribution in [1.82, 2.24) is 4.90 Å². The van der Waals surface area contributed by atoms with Gasteiger partial charge in [-0.05, 0) is 18.7 Å². The molecule has 2 aliphatic rings. The third-order valence-electron chi connectivity index (χ3n) is 1.62. The fraction of sp³-hybridized carbons (Fsp3) is 0.250. The number of aliphatic imine (C=N–C) groups is 1. The summed E-state index contributed by atoms with van der Waals surface area (Å²) in [5, 5.41) is 0. The lowest BCUT2D eigenvalue weighted by Crippen LogP contribution is -2.12. The molecule has 0 atom stereocenters. The van der Waals surface area contributed by atoms with E-state index in [9.17, 15) is 0 Å². The fourth-order valence-electron chi connectivity index (χ4n) is 1.10. The maximum atomic E-state index is 3.87. The van der Waals surface area contributed by atoms with Crippen molar-refractivity contribution in [2.75, 3.05) is 6.54 Å². The van der Waals surface area contributed by atoms with E-state index in [0.29, 0.717) is 0 Å². The van der Waals surface area contributed by atoms with E-state index in [2.05, 4.69) is 28.7 Å². The molecule has 2 radical (unpaired) electrons. The zero-order chi connectivity index (χ0) is 6.81. The number of hydrogen-bond donors (Lipinski definition) is 0. The summed E-state index contributed by atoms with van der Waals surface area (Å²) in [6.45, 7) is 3.98. The molecule has 2 heteroatoms. The molecule has 2 aliphatic heterocycles. The minimum atomic E-state index is 1.07. The second kappa shape index (κ2) is 2.29. The summed E-state index contributed by atoms with van der Waals surface area (Å²) < 4.78 is 0. The van der Waals surface area contributed by atoms with Gasteiger partial charge in [0.25, 0.3) is 0 Å². The van der Waals surface area contributed by atoms with Crippen molar-refractivity contribution in [1.29, 1.82) is 0 Å². The maximum absolute atomic E-state index is 3.87. The molecule has 0 bridgehead atoms. The molecule has 0 fully saturated rings. The van der Waals surface area contributed by atoms with E-state index in [1.54, 1.807) is 6.21 Å². The van der Waals surface area contributed by atoms with E-state index in [0.717, 1.165) is 18.7 Å². The Morgan fingerprint density at radius 3 is 3.20 bits per heavy atom. The molecule has 10 heavy (non-hydrogen) atoms. The van der Waals surface area contributed by atoms with Gasteiger partial charge < -0.3 is 4.90 Å². The van der Waals surface area contributed by atoms with Crippen LogP contribution in [0.25, 0.3) is 0 Å². The fourth-order valence-corrected chi connectivity index (χ4v) is 1.10. The summed E-state index contributed by atoms with van der Waals surface area (Å²) in [4.78, 5) is 6.01. The average molecular weight is 132 g/mol. The highest BCUT2D eigenvalue weighted by Gasteiger charge is 2.11. The Hall–Kier alpha value is -1.05. The normalized spacial score (nSPS) is 22.4. The Kier molecular flexibility index (Phi) is 1.31. The van der Waals surface area contributed by atoms with Crippen molar-refractivity contribution in [3.8, 4) is 0 Å². The van der Waals surface area contributed by atoms with E-state index in [-0.39, 0.29) is 0 Å². The molecule has 2 rings (SSSR count). The minimum absolute atomic E-state index is 1.07. The summed E-state index contributed by atoms with van der Waals surface area (Å²) in [5.41, 5.74) is 1.08. The van der Waals surface area contributed by atoms with Crippen molar-refractivity contribution >= 4 is 6.21 Å². The van der Waals surface area contributed by atoms with Crippen LogP contribution in [0, 0.1) is 6.54 Å². The number of rotatable bonds is 1. The predicted molar refractivity (Wildman–Crippen MR) is 40.3 cm³/mol. The Morgan fingerprint density at radius 2 is 2.60 bits per heavy atom. The number of allylic oxidation sites excluding steroid dienone is 1. The molecular weight excluding hydrogens is 124 g/mol. The summed E-state index contributed by atoms with van der Waals surface area (Å²) in [6.07, 6.45) is 9.10. The van der Waals surface area contributed by atoms with Crippen LogP contribution in [0.4, 0.5) is 0 Å². The first-order valence-electron chi connectivity index (χ1n) is 3.39. The van der Waals surface area contributed by atoms with E-state index in [1.807, 2.05) is 6.08 Å². The van der Waals surface area contributed by atoms with Crippen LogP contribution in [0.3, 0.4) is 0 Å². The first-order valence-corrected chi connectivity index (χ1v) is 3.39. The van der Waals surface area contributed by atoms with Gasteiger partial charge in [-0.1, -0.05) is 6.08 Å². The lowest BCUT2D eigenvalue weighted by Gasteiger charge is -2.14. The molecule has 0 spiro atoms. The molecule has 2 nitrogen and oxygen atoms in total. The highest BCUT2D eigenvalue weighted by molar-refractivity contribution is 5.76. The molecule has 0 aromatic heterocycles. The van der Waals surface area contributed by atoms with Crippen LogP contribution in [0.15, 0.2) is 29.0 Å². The lowest BCUT2D eigenvalue weighted by atomic mass is 10.4. The van der Waals surface area contributed by atoms with Gasteiger partial charge in [-0.3, -0.25) is 4.99 Å². The lowest BCUT2D eigenvalue weighted by molar-refractivity contribution is 0.511. The maximum Gasteiger partial charge on any atom is 0.167 e. The topological polar surface area (TPSA) is 15.6 Å². The van der Waals surface area contributed by atoms with Crippen LogP contribution in [0.2, 0.25) is 0 Å². The van der Waals surface area contributed by atoms with E-state index < -0.39 is 0 Å². The summed E-state index contributed by atoms with van der Waals surface area (Å²) >= 11 is 0. The Labute approximate surface area is 60.6 Å². The quantitative estimate of drug-likeness (QED) is 0.523. The van der Waals surface area contributed by atoms with Crippen LogP contribution in [0.5, 0.6) is 0 Å². The summed E-state index contributed by atoms with van der Waals surface area (Å²) in [7, 11) is 0. The SMILES string of the molecule is [C]1N=CC=C1N1C=CCC1. The zero-order valence-electron chi connectivity index (χ0n) is 5.62. The summed E-state index contributed by atoms with van der Waals surface area (Å²) in [5.74, 6) is 0. The minimum Gasteiger partial charge on any atom is -0.349 e. The highest BCUT2D eigenvalue weighted by atomic mass is 15.1. The molecule has 0 aromatic carbocycles. The van der Waals surface area contributed by atoms with Crippen LogP contribution < -0.4 is 0 Å². The molecule has 0 unspecified atom stereocenters. The zero-order valence-corrected chi connectivity index (χ0v) is 5.62. The van der Waals surface area contributed by atoms with Gasteiger partial charge in [0.1, 0.15) is 0 Å². The second-order valence-corrected chi connectivity index (χ2v) is 2.31. The van der Waals surface area contributed by atoms with Crippen molar-refractivity contribution in [3.05, 3.63) is 30.6 Å². The van der Waals surface area contributed by atoms with Gasteiger partial charge in [0.15, 0.2) is 6.54 Å². The van der Waals surface area contributed by atoms with Gasteiger partial charge in [-0.2, -0.15) is 0 Å². The largest absolute Gasteiger partial charge is 0.349 e. The third kappa shape index (κ3) is 0.856. The summed E-state index contributed by atoms with van der Waals surface area (Å²) in [6, 6.07) is 0. The van der Waals surface area contributed by atoms with E-state index in [1.165, 1.54) is 0 Å². The molecule has 0 amide bonds. The first kappa shape index (κ1) is 5.71. The highest BCUT2D eigenvalue weighted by Crippen LogP contribution is 2.16. The van der Waals surface area contributed by atoms with Gasteiger partial charge >= 0.3 is 0 Å². The van der Waals surface area contributed by atoms with Gasteiger partial charge in [0, 0.05) is 12.8 Å². The molecular formula is C8H8N2. The molecule has 0 aromatic rings. The van der Waals surface area contributed by atoms with Crippen LogP contribution in [-0.4, -0.2) is 17.7 Å².